The lowest BCUT2D eigenvalue weighted by Gasteiger charge is -2.34. The lowest BCUT2D eigenvalue weighted by molar-refractivity contribution is -0.127. The second-order valence-electron chi connectivity index (χ2n) is 8.74. The summed E-state index contributed by atoms with van der Waals surface area (Å²) < 4.78 is 24.8. The van der Waals surface area contributed by atoms with Crippen LogP contribution in [-0.2, 0) is 17.9 Å². The Balaban J connectivity index is 1.32. The van der Waals surface area contributed by atoms with Gasteiger partial charge in [0.1, 0.15) is 23.9 Å². The molecule has 4 rings (SSSR count). The molecule has 5 nitrogen and oxygen atoms in total. The fourth-order valence-corrected chi connectivity index (χ4v) is 4.10. The van der Waals surface area contributed by atoms with Gasteiger partial charge < -0.3 is 14.4 Å². The first-order valence-corrected chi connectivity index (χ1v) is 11.8. The second kappa shape index (κ2) is 11.7. The summed E-state index contributed by atoms with van der Waals surface area (Å²) in [5, 5.41) is 0. The van der Waals surface area contributed by atoms with Crippen LogP contribution >= 0.6 is 0 Å². The van der Waals surface area contributed by atoms with Gasteiger partial charge in [-0.2, -0.15) is 0 Å². The predicted molar refractivity (Wildman–Crippen MR) is 136 cm³/mol. The average Bonchev–Trinajstić information content (AvgIpc) is 2.87. The van der Waals surface area contributed by atoms with Crippen molar-refractivity contribution in [1.29, 1.82) is 0 Å². The van der Waals surface area contributed by atoms with Crippen molar-refractivity contribution in [3.05, 3.63) is 101 Å². The topological polar surface area (TPSA) is 42.0 Å². The number of hydrogen-bond donors (Lipinski definition) is 0. The fraction of sp³-hybridized carbons (Fsp3) is 0.276. The summed E-state index contributed by atoms with van der Waals surface area (Å²) in [6.45, 7) is 5.92. The van der Waals surface area contributed by atoms with Crippen molar-refractivity contribution < 1.29 is 18.7 Å². The molecule has 3 aromatic rings. The third-order valence-corrected chi connectivity index (χ3v) is 6.12. The lowest BCUT2D eigenvalue weighted by Crippen LogP contribution is -2.47. The van der Waals surface area contributed by atoms with Crippen LogP contribution in [0.15, 0.2) is 72.8 Å². The molecule has 1 saturated heterocycles. The number of carbonyl (C=O) groups is 1. The van der Waals surface area contributed by atoms with Gasteiger partial charge in [0.25, 0.3) is 0 Å². The number of nitrogens with zero attached hydrogens (tertiary/aromatic N) is 2. The van der Waals surface area contributed by atoms with E-state index in [0.29, 0.717) is 26.2 Å². The largest absolute Gasteiger partial charge is 0.496 e. The molecule has 0 aromatic heterocycles. The first-order chi connectivity index (χ1) is 17.0. The van der Waals surface area contributed by atoms with Crippen LogP contribution in [0.5, 0.6) is 11.5 Å². The highest BCUT2D eigenvalue weighted by atomic mass is 19.1. The van der Waals surface area contributed by atoms with E-state index in [1.807, 2.05) is 66.4 Å². The van der Waals surface area contributed by atoms with Crippen molar-refractivity contribution in [2.24, 2.45) is 0 Å². The van der Waals surface area contributed by atoms with E-state index in [2.05, 4.69) is 4.90 Å². The number of rotatable bonds is 8. The Bertz CT molecular complexity index is 1170. The number of methoxy groups -OCH3 is 1. The molecule has 0 spiro atoms. The molecule has 182 valence electrons. The normalized spacial score (nSPS) is 14.3. The van der Waals surface area contributed by atoms with Crippen LogP contribution in [0.3, 0.4) is 0 Å². The molecule has 0 aliphatic carbocycles. The van der Waals surface area contributed by atoms with Crippen LogP contribution in [0.2, 0.25) is 0 Å². The molecule has 0 radical (unpaired) electrons. The number of amides is 1. The SMILES string of the molecule is COc1ccc(/C=C/C(=O)N2CCN(Cc3cccc(F)c3)CC2)cc1COc1ccc(C)cc1. The number of carbonyl (C=O) groups excluding carboxylic acids is 1. The fourth-order valence-electron chi connectivity index (χ4n) is 4.10. The molecule has 0 saturated carbocycles. The molecular formula is C29H31FN2O3. The predicted octanol–water partition coefficient (Wildman–Crippen LogP) is 5.08. The summed E-state index contributed by atoms with van der Waals surface area (Å²) in [5.41, 5.74) is 3.95. The number of piperazine rings is 1. The van der Waals surface area contributed by atoms with Crippen molar-refractivity contribution in [3.8, 4) is 11.5 Å². The molecule has 0 atom stereocenters. The van der Waals surface area contributed by atoms with E-state index in [1.54, 1.807) is 25.3 Å². The highest BCUT2D eigenvalue weighted by molar-refractivity contribution is 5.91. The molecule has 0 bridgehead atoms. The zero-order valence-corrected chi connectivity index (χ0v) is 20.2. The summed E-state index contributed by atoms with van der Waals surface area (Å²) in [5.74, 6) is 1.31. The molecule has 1 heterocycles. The Morgan fingerprint density at radius 2 is 1.77 bits per heavy atom. The first kappa shape index (κ1) is 24.5. The van der Waals surface area contributed by atoms with Gasteiger partial charge in [0.2, 0.25) is 5.91 Å². The molecule has 6 heteroatoms. The zero-order valence-electron chi connectivity index (χ0n) is 20.2. The first-order valence-electron chi connectivity index (χ1n) is 11.8. The van der Waals surface area contributed by atoms with Gasteiger partial charge in [-0.1, -0.05) is 35.9 Å². The summed E-state index contributed by atoms with van der Waals surface area (Å²) in [6, 6.07) is 20.4. The van der Waals surface area contributed by atoms with E-state index in [0.717, 1.165) is 41.3 Å². The van der Waals surface area contributed by atoms with Gasteiger partial charge in [0, 0.05) is 44.4 Å². The number of hydrogen-bond acceptors (Lipinski definition) is 4. The maximum atomic E-state index is 13.4. The number of aryl methyl sites for hydroxylation is 1. The van der Waals surface area contributed by atoms with E-state index in [4.69, 9.17) is 9.47 Å². The minimum atomic E-state index is -0.218. The van der Waals surface area contributed by atoms with Gasteiger partial charge in [0.15, 0.2) is 0 Å². The number of ether oxygens (including phenoxy) is 2. The maximum absolute atomic E-state index is 13.4. The van der Waals surface area contributed by atoms with Crippen LogP contribution in [0, 0.1) is 12.7 Å². The Kier molecular flexibility index (Phi) is 8.16. The summed E-state index contributed by atoms with van der Waals surface area (Å²) >= 11 is 0. The maximum Gasteiger partial charge on any atom is 0.246 e. The molecular weight excluding hydrogens is 443 g/mol. The van der Waals surface area contributed by atoms with E-state index < -0.39 is 0 Å². The Morgan fingerprint density at radius 1 is 1.00 bits per heavy atom. The third-order valence-electron chi connectivity index (χ3n) is 6.12. The van der Waals surface area contributed by atoms with E-state index >= 15 is 0 Å². The van der Waals surface area contributed by atoms with Crippen LogP contribution in [0.25, 0.3) is 6.08 Å². The lowest BCUT2D eigenvalue weighted by atomic mass is 10.1. The minimum absolute atomic E-state index is 0.0105. The van der Waals surface area contributed by atoms with E-state index in [1.165, 1.54) is 11.6 Å². The summed E-state index contributed by atoms with van der Waals surface area (Å²) in [4.78, 5) is 16.8. The van der Waals surface area contributed by atoms with Gasteiger partial charge in [-0.05, 0) is 60.5 Å². The number of halogens is 1. The zero-order chi connectivity index (χ0) is 24.6. The van der Waals surface area contributed by atoms with Gasteiger partial charge in [-0.15, -0.1) is 0 Å². The van der Waals surface area contributed by atoms with Crippen LogP contribution in [0.4, 0.5) is 4.39 Å². The van der Waals surface area contributed by atoms with Crippen molar-refractivity contribution in [1.82, 2.24) is 9.80 Å². The molecule has 0 N–H and O–H groups in total. The highest BCUT2D eigenvalue weighted by Gasteiger charge is 2.19. The van der Waals surface area contributed by atoms with E-state index in [9.17, 15) is 9.18 Å². The van der Waals surface area contributed by atoms with Crippen LogP contribution in [0.1, 0.15) is 22.3 Å². The van der Waals surface area contributed by atoms with E-state index in [-0.39, 0.29) is 11.7 Å². The van der Waals surface area contributed by atoms with Gasteiger partial charge in [0.05, 0.1) is 7.11 Å². The van der Waals surface area contributed by atoms with Gasteiger partial charge in [-0.3, -0.25) is 9.69 Å². The van der Waals surface area contributed by atoms with Crippen molar-refractivity contribution >= 4 is 12.0 Å². The monoisotopic (exact) mass is 474 g/mol. The van der Waals surface area contributed by atoms with Crippen molar-refractivity contribution in [2.75, 3.05) is 33.3 Å². The Hall–Kier alpha value is -3.64. The van der Waals surface area contributed by atoms with Crippen LogP contribution in [-0.4, -0.2) is 49.0 Å². The van der Waals surface area contributed by atoms with Crippen molar-refractivity contribution in [3.63, 3.8) is 0 Å². The van der Waals surface area contributed by atoms with Crippen LogP contribution < -0.4 is 9.47 Å². The molecule has 1 aliphatic heterocycles. The highest BCUT2D eigenvalue weighted by Crippen LogP contribution is 2.23. The molecule has 35 heavy (non-hydrogen) atoms. The summed E-state index contributed by atoms with van der Waals surface area (Å²) in [7, 11) is 1.64. The molecule has 1 aliphatic rings. The quantitative estimate of drug-likeness (QED) is 0.427. The Labute approximate surface area is 206 Å². The third kappa shape index (κ3) is 6.93. The molecule has 1 amide bonds. The molecule has 0 unspecified atom stereocenters. The minimum Gasteiger partial charge on any atom is -0.496 e. The van der Waals surface area contributed by atoms with Gasteiger partial charge in [-0.25, -0.2) is 4.39 Å². The van der Waals surface area contributed by atoms with Crippen molar-refractivity contribution in [2.45, 2.75) is 20.1 Å². The molecule has 1 fully saturated rings. The number of benzene rings is 3. The van der Waals surface area contributed by atoms with Gasteiger partial charge >= 0.3 is 0 Å². The second-order valence-corrected chi connectivity index (χ2v) is 8.74. The molecule has 3 aromatic carbocycles. The smallest absolute Gasteiger partial charge is 0.246 e. The standard InChI is InChI=1S/C29H31FN2O3/c1-22-6-10-27(11-7-22)35-21-25-18-23(8-12-28(25)34-2)9-13-29(33)32-16-14-31(15-17-32)20-24-4-3-5-26(30)19-24/h3-13,18-19H,14-17,20-21H2,1-2H3/b13-9+. The average molecular weight is 475 g/mol. The Morgan fingerprint density at radius 3 is 2.49 bits per heavy atom. The summed E-state index contributed by atoms with van der Waals surface area (Å²) in [6.07, 6.45) is 3.45.